The first-order valence-corrected chi connectivity index (χ1v) is 7.81. The third-order valence-corrected chi connectivity index (χ3v) is 3.91. The van der Waals surface area contributed by atoms with E-state index in [1.807, 2.05) is 22.9 Å². The number of aromatic nitrogens is 3. The highest BCUT2D eigenvalue weighted by molar-refractivity contribution is 6.30. The summed E-state index contributed by atoms with van der Waals surface area (Å²) in [7, 11) is 0. The molecule has 0 amide bonds. The molecule has 5 heteroatoms. The molecule has 0 spiro atoms. The standard InChI is InChI=1S/C15H19Cl2N3/c1-2-6-20-15(18-11-19-20)9-13(10-16)7-12-4-3-5-14(17)8-12/h3-5,8,11,13H,2,6-7,9-10H2,1H3. The van der Waals surface area contributed by atoms with Gasteiger partial charge in [-0.25, -0.2) is 4.98 Å². The van der Waals surface area contributed by atoms with Gasteiger partial charge in [0.25, 0.3) is 0 Å². The van der Waals surface area contributed by atoms with Crippen molar-refractivity contribution in [2.75, 3.05) is 5.88 Å². The first-order chi connectivity index (χ1) is 9.72. The molecule has 1 heterocycles. The lowest BCUT2D eigenvalue weighted by Crippen LogP contribution is -2.15. The second-order valence-corrected chi connectivity index (χ2v) is 5.70. The average molecular weight is 312 g/mol. The average Bonchev–Trinajstić information content (AvgIpc) is 2.86. The number of aryl methyl sites for hydroxylation is 1. The zero-order valence-corrected chi connectivity index (χ0v) is 13.1. The van der Waals surface area contributed by atoms with Crippen LogP contribution in [0.5, 0.6) is 0 Å². The fourth-order valence-corrected chi connectivity index (χ4v) is 2.71. The zero-order chi connectivity index (χ0) is 14.4. The molecular weight excluding hydrogens is 293 g/mol. The van der Waals surface area contributed by atoms with Crippen molar-refractivity contribution < 1.29 is 0 Å². The molecule has 2 aromatic rings. The van der Waals surface area contributed by atoms with E-state index >= 15 is 0 Å². The molecule has 3 nitrogen and oxygen atoms in total. The maximum absolute atomic E-state index is 6.11. The minimum atomic E-state index is 0.343. The van der Waals surface area contributed by atoms with Gasteiger partial charge < -0.3 is 0 Å². The molecule has 0 radical (unpaired) electrons. The molecule has 2 rings (SSSR count). The molecule has 0 fully saturated rings. The van der Waals surface area contributed by atoms with Gasteiger partial charge >= 0.3 is 0 Å². The van der Waals surface area contributed by atoms with Crippen molar-refractivity contribution in [3.8, 4) is 0 Å². The van der Waals surface area contributed by atoms with E-state index in [1.165, 1.54) is 5.56 Å². The summed E-state index contributed by atoms with van der Waals surface area (Å²) in [5.41, 5.74) is 1.21. The molecule has 20 heavy (non-hydrogen) atoms. The first kappa shape index (κ1) is 15.3. The lowest BCUT2D eigenvalue weighted by Gasteiger charge is -2.14. The van der Waals surface area contributed by atoms with E-state index < -0.39 is 0 Å². The third-order valence-electron chi connectivity index (χ3n) is 3.23. The first-order valence-electron chi connectivity index (χ1n) is 6.90. The number of hydrogen-bond acceptors (Lipinski definition) is 2. The maximum Gasteiger partial charge on any atom is 0.138 e. The van der Waals surface area contributed by atoms with Crippen molar-refractivity contribution in [1.82, 2.24) is 14.8 Å². The fraction of sp³-hybridized carbons (Fsp3) is 0.467. The van der Waals surface area contributed by atoms with Gasteiger partial charge in [-0.3, -0.25) is 4.68 Å². The summed E-state index contributed by atoms with van der Waals surface area (Å²) in [5.74, 6) is 1.96. The topological polar surface area (TPSA) is 30.7 Å². The van der Waals surface area contributed by atoms with Gasteiger partial charge in [0.05, 0.1) is 0 Å². The van der Waals surface area contributed by atoms with E-state index in [1.54, 1.807) is 6.33 Å². The Morgan fingerprint density at radius 3 is 2.85 bits per heavy atom. The predicted molar refractivity (Wildman–Crippen MR) is 83.4 cm³/mol. The van der Waals surface area contributed by atoms with Crippen molar-refractivity contribution in [3.63, 3.8) is 0 Å². The van der Waals surface area contributed by atoms with Crippen LogP contribution in [-0.2, 0) is 19.4 Å². The van der Waals surface area contributed by atoms with Crippen molar-refractivity contribution >= 4 is 23.2 Å². The van der Waals surface area contributed by atoms with E-state index in [2.05, 4.69) is 23.1 Å². The van der Waals surface area contributed by atoms with Gasteiger partial charge in [-0.05, 0) is 36.5 Å². The van der Waals surface area contributed by atoms with Crippen molar-refractivity contribution in [3.05, 3.63) is 47.0 Å². The van der Waals surface area contributed by atoms with E-state index in [0.29, 0.717) is 11.8 Å². The largest absolute Gasteiger partial charge is 0.250 e. The SMILES string of the molecule is CCCn1ncnc1CC(CCl)Cc1cccc(Cl)c1. The predicted octanol–water partition coefficient (Wildman–Crippen LogP) is 3.98. The van der Waals surface area contributed by atoms with Crippen LogP contribution in [0.3, 0.4) is 0 Å². The van der Waals surface area contributed by atoms with E-state index in [-0.39, 0.29) is 0 Å². The number of hydrogen-bond donors (Lipinski definition) is 0. The smallest absolute Gasteiger partial charge is 0.138 e. The van der Waals surface area contributed by atoms with Crippen LogP contribution in [0, 0.1) is 5.92 Å². The lowest BCUT2D eigenvalue weighted by atomic mass is 9.97. The van der Waals surface area contributed by atoms with Gasteiger partial charge in [-0.2, -0.15) is 5.10 Å². The normalized spacial score (nSPS) is 12.6. The Morgan fingerprint density at radius 1 is 1.30 bits per heavy atom. The second kappa shape index (κ2) is 7.65. The van der Waals surface area contributed by atoms with Crippen LogP contribution in [0.2, 0.25) is 5.02 Å². The Balaban J connectivity index is 2.03. The maximum atomic E-state index is 6.11. The molecule has 1 aromatic carbocycles. The van der Waals surface area contributed by atoms with E-state index in [0.717, 1.165) is 36.7 Å². The molecule has 1 aromatic heterocycles. The summed E-state index contributed by atoms with van der Waals surface area (Å²) in [4.78, 5) is 4.35. The highest BCUT2D eigenvalue weighted by atomic mass is 35.5. The summed E-state index contributed by atoms with van der Waals surface area (Å²) < 4.78 is 1.97. The molecule has 0 saturated heterocycles. The molecule has 0 saturated carbocycles. The Morgan fingerprint density at radius 2 is 2.15 bits per heavy atom. The van der Waals surface area contributed by atoms with Gasteiger partial charge in [0.15, 0.2) is 0 Å². The number of nitrogens with zero attached hydrogens (tertiary/aromatic N) is 3. The van der Waals surface area contributed by atoms with Crippen molar-refractivity contribution in [1.29, 1.82) is 0 Å². The molecule has 0 aliphatic heterocycles. The van der Waals surface area contributed by atoms with Gasteiger partial charge in [0.1, 0.15) is 12.2 Å². The fourth-order valence-electron chi connectivity index (χ4n) is 2.28. The summed E-state index contributed by atoms with van der Waals surface area (Å²) in [6.07, 6.45) is 4.42. The molecule has 0 aliphatic carbocycles. The Bertz CT molecular complexity index is 539. The minimum Gasteiger partial charge on any atom is -0.250 e. The van der Waals surface area contributed by atoms with Crippen LogP contribution in [0.4, 0.5) is 0 Å². The number of halogens is 2. The molecule has 1 unspecified atom stereocenters. The summed E-state index contributed by atoms with van der Waals surface area (Å²) >= 11 is 12.1. The van der Waals surface area contributed by atoms with E-state index in [9.17, 15) is 0 Å². The van der Waals surface area contributed by atoms with Crippen LogP contribution >= 0.6 is 23.2 Å². The zero-order valence-electron chi connectivity index (χ0n) is 11.6. The van der Waals surface area contributed by atoms with Crippen molar-refractivity contribution in [2.45, 2.75) is 32.7 Å². The Labute approximate surface area is 129 Å². The second-order valence-electron chi connectivity index (χ2n) is 4.96. The minimum absolute atomic E-state index is 0.343. The summed E-state index contributed by atoms with van der Waals surface area (Å²) in [6.45, 7) is 3.04. The van der Waals surface area contributed by atoms with Crippen molar-refractivity contribution in [2.24, 2.45) is 5.92 Å². The lowest BCUT2D eigenvalue weighted by molar-refractivity contribution is 0.508. The van der Waals surface area contributed by atoms with Gasteiger partial charge in [-0.15, -0.1) is 11.6 Å². The number of alkyl halides is 1. The molecule has 0 aliphatic rings. The monoisotopic (exact) mass is 311 g/mol. The third kappa shape index (κ3) is 4.22. The highest BCUT2D eigenvalue weighted by Crippen LogP contribution is 2.18. The number of rotatable bonds is 7. The summed E-state index contributed by atoms with van der Waals surface area (Å²) in [6, 6.07) is 7.95. The van der Waals surface area contributed by atoms with Crippen LogP contribution < -0.4 is 0 Å². The molecule has 0 N–H and O–H groups in total. The summed E-state index contributed by atoms with van der Waals surface area (Å²) in [5, 5.41) is 5.02. The van der Waals surface area contributed by atoms with Gasteiger partial charge in [-0.1, -0.05) is 30.7 Å². The molecule has 0 bridgehead atoms. The van der Waals surface area contributed by atoms with E-state index in [4.69, 9.17) is 23.2 Å². The molecule has 1 atom stereocenters. The van der Waals surface area contributed by atoms with Gasteiger partial charge in [0, 0.05) is 23.9 Å². The van der Waals surface area contributed by atoms with Gasteiger partial charge in [0.2, 0.25) is 0 Å². The molecule has 108 valence electrons. The Hall–Kier alpha value is -1.06. The van der Waals surface area contributed by atoms with Crippen LogP contribution in [-0.4, -0.2) is 20.6 Å². The van der Waals surface area contributed by atoms with Crippen LogP contribution in [0.1, 0.15) is 24.7 Å². The van der Waals surface area contributed by atoms with Crippen LogP contribution in [0.15, 0.2) is 30.6 Å². The molecular formula is C15H19Cl2N3. The Kier molecular flexibility index (Phi) is 5.86. The highest BCUT2D eigenvalue weighted by Gasteiger charge is 2.14. The quantitative estimate of drug-likeness (QED) is 0.724. The van der Waals surface area contributed by atoms with Crippen LogP contribution in [0.25, 0.3) is 0 Å². The number of benzene rings is 1.